The van der Waals surface area contributed by atoms with Crippen molar-refractivity contribution in [2.24, 2.45) is 0 Å². The summed E-state index contributed by atoms with van der Waals surface area (Å²) in [5, 5.41) is 0. The van der Waals surface area contributed by atoms with Gasteiger partial charge in [0.15, 0.2) is 0 Å². The summed E-state index contributed by atoms with van der Waals surface area (Å²) in [5.74, 6) is 0. The fourth-order valence-electron chi connectivity index (χ4n) is 5.25. The standard InChI is InChI=1S/3C12H26O4S.Yb/c3*1-2-3-4-5-6-7-8-9-10-11-12-16-17(13,14)15;/h3*2-12H2,1H3,(H,13,14,15);/q;;;+3/p-3. The van der Waals surface area contributed by atoms with Gasteiger partial charge in [-0.1, -0.05) is 194 Å². The zero-order valence-corrected chi connectivity index (χ0v) is 36.9. The van der Waals surface area contributed by atoms with E-state index in [2.05, 4.69) is 33.3 Å². The average molecular weight is 969 g/mol. The summed E-state index contributed by atoms with van der Waals surface area (Å²) in [5.41, 5.74) is 0. The molecular weight excluding hydrogens is 894 g/mol. The van der Waals surface area contributed by atoms with E-state index in [1.807, 2.05) is 0 Å². The molecule has 0 aromatic heterocycles. The first-order chi connectivity index (χ1) is 24.2. The summed E-state index contributed by atoms with van der Waals surface area (Å²) in [7, 11) is -13.5. The maximum atomic E-state index is 10.1. The predicted molar refractivity (Wildman–Crippen MR) is 202 cm³/mol. The molecular formula is C36H75O12S3Yb. The topological polar surface area (TPSA) is 199 Å². The molecule has 0 fully saturated rings. The normalized spacial score (nSPS) is 11.7. The molecule has 1 radical (unpaired) electrons. The minimum absolute atomic E-state index is 0. The molecule has 0 bridgehead atoms. The summed E-state index contributed by atoms with van der Waals surface area (Å²) in [6.07, 6.45) is 35.1. The molecule has 0 rings (SSSR count). The van der Waals surface area contributed by atoms with Crippen molar-refractivity contribution in [1.29, 1.82) is 0 Å². The van der Waals surface area contributed by atoms with Gasteiger partial charge in [0.1, 0.15) is 0 Å². The van der Waals surface area contributed by atoms with E-state index in [1.54, 1.807) is 0 Å². The van der Waals surface area contributed by atoms with Crippen LogP contribution in [0, 0.1) is 46.9 Å². The zero-order chi connectivity index (χ0) is 39.0. The second kappa shape index (κ2) is 44.8. The maximum Gasteiger partial charge on any atom is 3.00 e. The third kappa shape index (κ3) is 69.1. The van der Waals surface area contributed by atoms with Crippen molar-refractivity contribution in [2.45, 2.75) is 213 Å². The van der Waals surface area contributed by atoms with Gasteiger partial charge in [0.05, 0.1) is 19.8 Å². The van der Waals surface area contributed by atoms with Gasteiger partial charge in [-0.3, -0.25) is 12.5 Å². The second-order valence-electron chi connectivity index (χ2n) is 13.2. The van der Waals surface area contributed by atoms with Crippen LogP contribution in [-0.2, 0) is 43.7 Å². The Bertz CT molecular complexity index is 883. The van der Waals surface area contributed by atoms with Crippen LogP contribution in [0.4, 0.5) is 0 Å². The van der Waals surface area contributed by atoms with E-state index in [1.165, 1.54) is 135 Å². The van der Waals surface area contributed by atoms with Crippen LogP contribution in [0.5, 0.6) is 0 Å². The van der Waals surface area contributed by atoms with Gasteiger partial charge in [0, 0.05) is 0 Å². The molecule has 0 spiro atoms. The molecule has 323 valence electrons. The van der Waals surface area contributed by atoms with Crippen LogP contribution in [0.2, 0.25) is 0 Å². The van der Waals surface area contributed by atoms with Gasteiger partial charge in [-0.2, -0.15) is 0 Å². The van der Waals surface area contributed by atoms with E-state index in [9.17, 15) is 38.9 Å². The van der Waals surface area contributed by atoms with Crippen LogP contribution < -0.4 is 0 Å². The van der Waals surface area contributed by atoms with Crippen LogP contribution in [0.1, 0.15) is 213 Å². The van der Waals surface area contributed by atoms with Gasteiger partial charge >= 0.3 is 46.9 Å². The van der Waals surface area contributed by atoms with Crippen LogP contribution in [-0.4, -0.2) is 58.7 Å². The Kier molecular flexibility index (Phi) is 51.6. The molecule has 0 saturated heterocycles. The van der Waals surface area contributed by atoms with E-state index in [4.69, 9.17) is 0 Å². The van der Waals surface area contributed by atoms with Gasteiger partial charge < -0.3 is 13.7 Å². The molecule has 52 heavy (non-hydrogen) atoms. The number of rotatable bonds is 36. The summed E-state index contributed by atoms with van der Waals surface area (Å²) >= 11 is 0. The molecule has 0 N–H and O–H groups in total. The molecule has 0 heterocycles. The zero-order valence-electron chi connectivity index (χ0n) is 32.7. The predicted octanol–water partition coefficient (Wildman–Crippen LogP) is 10.2. The van der Waals surface area contributed by atoms with E-state index in [-0.39, 0.29) is 66.7 Å². The van der Waals surface area contributed by atoms with Gasteiger partial charge in [-0.05, 0) is 19.3 Å². The molecule has 16 heteroatoms. The summed E-state index contributed by atoms with van der Waals surface area (Å²) < 4.78 is 103. The van der Waals surface area contributed by atoms with Crippen LogP contribution in [0.3, 0.4) is 0 Å². The second-order valence-corrected chi connectivity index (χ2v) is 16.4. The molecule has 0 aliphatic rings. The number of hydrogen-bond acceptors (Lipinski definition) is 12. The Morgan fingerprint density at radius 3 is 0.558 bits per heavy atom. The Hall–Kier alpha value is 1.13. The molecule has 0 aliphatic heterocycles. The van der Waals surface area contributed by atoms with E-state index in [0.717, 1.165) is 38.5 Å². The van der Waals surface area contributed by atoms with Crippen molar-refractivity contribution in [3.05, 3.63) is 0 Å². The van der Waals surface area contributed by atoms with Crippen molar-refractivity contribution >= 4 is 31.2 Å². The Morgan fingerprint density at radius 2 is 0.423 bits per heavy atom. The van der Waals surface area contributed by atoms with E-state index >= 15 is 0 Å². The largest absolute Gasteiger partial charge is 3.00 e. The monoisotopic (exact) mass is 969 g/mol. The fraction of sp³-hybridized carbons (Fsp3) is 1.00. The molecule has 0 unspecified atom stereocenters. The minimum Gasteiger partial charge on any atom is -0.726 e. The van der Waals surface area contributed by atoms with Gasteiger partial charge in [0.2, 0.25) is 31.2 Å². The maximum absolute atomic E-state index is 10.1. The average Bonchev–Trinajstić information content (AvgIpc) is 3.04. The fourth-order valence-corrected chi connectivity index (χ4v) is 6.22. The molecule has 0 amide bonds. The molecule has 0 aliphatic carbocycles. The first-order valence-electron chi connectivity index (χ1n) is 20.0. The minimum atomic E-state index is -4.48. The quantitative estimate of drug-likeness (QED) is 0.0327. The molecule has 12 nitrogen and oxygen atoms in total. The summed E-state index contributed by atoms with van der Waals surface area (Å²) in [6, 6.07) is 0. The molecule has 0 aromatic rings. The van der Waals surface area contributed by atoms with Crippen molar-refractivity contribution in [3.8, 4) is 0 Å². The van der Waals surface area contributed by atoms with Crippen molar-refractivity contribution in [1.82, 2.24) is 0 Å². The Balaban J connectivity index is -0.000000329. The number of unbranched alkanes of at least 4 members (excludes halogenated alkanes) is 27. The van der Waals surface area contributed by atoms with Crippen molar-refractivity contribution < 1.29 is 98.4 Å². The Labute approximate surface area is 359 Å². The summed E-state index contributed by atoms with van der Waals surface area (Å²) in [4.78, 5) is 0. The Morgan fingerprint density at radius 1 is 0.288 bits per heavy atom. The third-order valence-electron chi connectivity index (χ3n) is 8.18. The smallest absolute Gasteiger partial charge is 0.726 e. The van der Waals surface area contributed by atoms with Crippen molar-refractivity contribution in [2.75, 3.05) is 19.8 Å². The SMILES string of the molecule is CCCCCCCCCCCCOS(=O)(=O)[O-].CCCCCCCCCCCCOS(=O)(=O)[O-].CCCCCCCCCCCCOS(=O)(=O)[O-].[Yb+3]. The van der Waals surface area contributed by atoms with Crippen LogP contribution in [0.25, 0.3) is 0 Å². The first-order valence-corrected chi connectivity index (χ1v) is 24.0. The summed E-state index contributed by atoms with van der Waals surface area (Å²) in [6.45, 7) is 6.73. The van der Waals surface area contributed by atoms with Gasteiger partial charge in [0.25, 0.3) is 0 Å². The molecule has 0 atom stereocenters. The number of hydrogen-bond donors (Lipinski definition) is 0. The van der Waals surface area contributed by atoms with Crippen LogP contribution in [0.15, 0.2) is 0 Å². The van der Waals surface area contributed by atoms with E-state index in [0.29, 0.717) is 19.3 Å². The van der Waals surface area contributed by atoms with Gasteiger partial charge in [-0.15, -0.1) is 0 Å². The third-order valence-corrected chi connectivity index (χ3v) is 9.54. The van der Waals surface area contributed by atoms with E-state index < -0.39 is 31.2 Å². The van der Waals surface area contributed by atoms with Crippen LogP contribution >= 0.6 is 0 Å². The molecule has 0 aromatic carbocycles. The van der Waals surface area contributed by atoms with Gasteiger partial charge in [-0.25, -0.2) is 25.3 Å². The molecule has 0 saturated carbocycles. The first kappa shape index (κ1) is 59.8. The van der Waals surface area contributed by atoms with Crippen molar-refractivity contribution in [3.63, 3.8) is 0 Å².